The number of nitrogen functional groups attached to an aromatic ring is 1. The standard InChI is InChI=1S/C11H14N5O6PS/c12-8-5-9(14-3-13-8)16(4-15-5)10-6-7(22-23(18,19)24)11(1-17,21-10)2-20-6/h3-4,6-7,10,17H,1-2H2,(H2,12,13,14)(H2,18,19,24)/t6-,7+,10-,11+/m1/s1. The summed E-state index contributed by atoms with van der Waals surface area (Å²) in [6.45, 7) is -4.38. The van der Waals surface area contributed by atoms with Crippen molar-refractivity contribution >= 4 is 35.5 Å². The van der Waals surface area contributed by atoms with Crippen LogP contribution in [0, 0.1) is 0 Å². The zero-order valence-corrected chi connectivity index (χ0v) is 13.8. The van der Waals surface area contributed by atoms with Gasteiger partial charge in [-0.2, -0.15) is 0 Å². The Morgan fingerprint density at radius 3 is 2.96 bits per heavy atom. The van der Waals surface area contributed by atoms with Crippen molar-refractivity contribution in [1.29, 1.82) is 0 Å². The minimum absolute atomic E-state index is 0.0361. The van der Waals surface area contributed by atoms with Crippen molar-refractivity contribution in [2.75, 3.05) is 18.9 Å². The highest BCUT2D eigenvalue weighted by Gasteiger charge is 2.64. The second kappa shape index (κ2) is 5.38. The molecule has 2 bridgehead atoms. The highest BCUT2D eigenvalue weighted by molar-refractivity contribution is 8.06. The molecule has 2 fully saturated rings. The number of hydrogen-bond acceptors (Lipinski definition) is 9. The molecule has 4 heterocycles. The van der Waals surface area contributed by atoms with Gasteiger partial charge in [0, 0.05) is 0 Å². The Morgan fingerprint density at radius 2 is 2.25 bits per heavy atom. The lowest BCUT2D eigenvalue weighted by molar-refractivity contribution is -0.185. The van der Waals surface area contributed by atoms with Gasteiger partial charge in [0.15, 0.2) is 17.7 Å². The molecule has 2 aliphatic rings. The molecule has 130 valence electrons. The summed E-state index contributed by atoms with van der Waals surface area (Å²) in [5.74, 6) is 0.216. The molecule has 4 atom stereocenters. The Hall–Kier alpha value is -1.24. The molecule has 0 amide bonds. The molecule has 2 saturated heterocycles. The molecule has 5 N–H and O–H groups in total. The van der Waals surface area contributed by atoms with E-state index in [0.29, 0.717) is 11.2 Å². The molecule has 4 rings (SSSR count). The van der Waals surface area contributed by atoms with Crippen LogP contribution in [0.25, 0.3) is 11.2 Å². The monoisotopic (exact) mass is 375 g/mol. The van der Waals surface area contributed by atoms with Gasteiger partial charge in [-0.25, -0.2) is 15.0 Å². The minimum Gasteiger partial charge on any atom is -0.393 e. The number of hydrogen-bond donors (Lipinski definition) is 4. The van der Waals surface area contributed by atoms with Crippen LogP contribution in [-0.2, 0) is 25.8 Å². The summed E-state index contributed by atoms with van der Waals surface area (Å²) in [4.78, 5) is 31.1. The summed E-state index contributed by atoms with van der Waals surface area (Å²) in [6, 6.07) is 0. The van der Waals surface area contributed by atoms with Crippen molar-refractivity contribution < 1.29 is 28.9 Å². The van der Waals surface area contributed by atoms with E-state index in [1.165, 1.54) is 12.7 Å². The third kappa shape index (κ3) is 2.35. The Kier molecular flexibility index (Phi) is 3.64. The van der Waals surface area contributed by atoms with Gasteiger partial charge in [0.2, 0.25) is 0 Å². The molecular formula is C11H14N5O6PS. The SMILES string of the molecule is Nc1ncnc2c1ncn2[C@@H]1O[C@@]2(CO)CO[C@@H]1[C@@H]2OP(O)(O)=S. The number of ether oxygens (including phenoxy) is 2. The van der Waals surface area contributed by atoms with E-state index < -0.39 is 37.4 Å². The number of fused-ring (bicyclic) bond motifs is 3. The van der Waals surface area contributed by atoms with Crippen molar-refractivity contribution in [2.45, 2.75) is 24.0 Å². The first-order valence-corrected chi connectivity index (χ1v) is 9.54. The largest absolute Gasteiger partial charge is 0.393 e. The van der Waals surface area contributed by atoms with Crippen LogP contribution in [0.4, 0.5) is 5.82 Å². The molecule has 0 spiro atoms. The first kappa shape index (κ1) is 16.2. The zero-order valence-electron chi connectivity index (χ0n) is 12.1. The maximum atomic E-state index is 9.74. The summed E-state index contributed by atoms with van der Waals surface area (Å²) in [6.07, 6.45) is 0.329. The van der Waals surface area contributed by atoms with Crippen LogP contribution in [0.2, 0.25) is 0 Å². The van der Waals surface area contributed by atoms with E-state index in [2.05, 4.69) is 26.8 Å². The van der Waals surface area contributed by atoms with Gasteiger partial charge in [0.1, 0.15) is 29.7 Å². The van der Waals surface area contributed by atoms with Gasteiger partial charge in [0.25, 0.3) is 0 Å². The van der Waals surface area contributed by atoms with E-state index >= 15 is 0 Å². The maximum Gasteiger partial charge on any atom is 0.322 e. The molecule has 2 aromatic heterocycles. The van der Waals surface area contributed by atoms with E-state index in [1.54, 1.807) is 4.57 Å². The molecule has 0 unspecified atom stereocenters. The normalized spacial score (nSPS) is 32.7. The number of aliphatic hydroxyl groups is 1. The third-order valence-corrected chi connectivity index (χ3v) is 4.91. The van der Waals surface area contributed by atoms with Crippen LogP contribution in [0.15, 0.2) is 12.7 Å². The Balaban J connectivity index is 1.75. The van der Waals surface area contributed by atoms with E-state index in [9.17, 15) is 14.9 Å². The topological polar surface area (TPSA) is 158 Å². The number of anilines is 1. The van der Waals surface area contributed by atoms with Crippen molar-refractivity contribution in [3.63, 3.8) is 0 Å². The average Bonchev–Trinajstić information content (AvgIpc) is 3.17. The number of nitrogens with zero attached hydrogens (tertiary/aromatic N) is 4. The van der Waals surface area contributed by atoms with E-state index in [1.807, 2.05) is 0 Å². The van der Waals surface area contributed by atoms with Crippen LogP contribution < -0.4 is 5.73 Å². The van der Waals surface area contributed by atoms with E-state index in [0.717, 1.165) is 0 Å². The van der Waals surface area contributed by atoms with Crippen LogP contribution in [-0.4, -0.2) is 65.4 Å². The smallest absolute Gasteiger partial charge is 0.322 e. The molecular weight excluding hydrogens is 361 g/mol. The predicted molar refractivity (Wildman–Crippen MR) is 83.0 cm³/mol. The molecule has 0 saturated carbocycles. The highest BCUT2D eigenvalue weighted by Crippen LogP contribution is 2.52. The molecule has 24 heavy (non-hydrogen) atoms. The van der Waals surface area contributed by atoms with Crippen molar-refractivity contribution in [3.05, 3.63) is 12.7 Å². The maximum absolute atomic E-state index is 9.74. The second-order valence-corrected chi connectivity index (χ2v) is 8.23. The Labute approximate surface area is 140 Å². The van der Waals surface area contributed by atoms with Crippen molar-refractivity contribution in [1.82, 2.24) is 19.5 Å². The third-order valence-electron chi connectivity index (χ3n) is 4.15. The van der Waals surface area contributed by atoms with Gasteiger partial charge in [-0.1, -0.05) is 0 Å². The molecule has 2 aliphatic heterocycles. The number of imidazole rings is 1. The number of aromatic nitrogens is 4. The molecule has 11 nitrogen and oxygen atoms in total. The first-order valence-electron chi connectivity index (χ1n) is 6.92. The van der Waals surface area contributed by atoms with Crippen LogP contribution >= 0.6 is 6.72 Å². The summed E-state index contributed by atoms with van der Waals surface area (Å²) in [5.41, 5.74) is 5.33. The number of rotatable bonds is 4. The lowest BCUT2D eigenvalue weighted by Crippen LogP contribution is -2.45. The van der Waals surface area contributed by atoms with Gasteiger partial charge >= 0.3 is 6.72 Å². The van der Waals surface area contributed by atoms with E-state index in [-0.39, 0.29) is 12.4 Å². The predicted octanol–water partition coefficient (Wildman–Crippen LogP) is -1.34. The molecule has 0 aliphatic carbocycles. The number of aliphatic hydroxyl groups excluding tert-OH is 1. The fraction of sp³-hybridized carbons (Fsp3) is 0.545. The number of nitrogens with two attached hydrogens (primary N) is 1. The molecule has 0 radical (unpaired) electrons. The molecule has 2 aromatic rings. The minimum atomic E-state index is -3.97. The summed E-state index contributed by atoms with van der Waals surface area (Å²) in [5, 5.41) is 9.74. The molecule has 13 heteroatoms. The first-order chi connectivity index (χ1) is 11.3. The highest BCUT2D eigenvalue weighted by atomic mass is 32.5. The van der Waals surface area contributed by atoms with Crippen molar-refractivity contribution in [2.24, 2.45) is 0 Å². The van der Waals surface area contributed by atoms with Gasteiger partial charge in [-0.3, -0.25) is 9.09 Å². The molecule has 0 aromatic carbocycles. The Morgan fingerprint density at radius 1 is 1.46 bits per heavy atom. The Bertz CT molecular complexity index is 843. The van der Waals surface area contributed by atoms with Gasteiger partial charge in [-0.05, 0) is 11.8 Å². The summed E-state index contributed by atoms with van der Waals surface area (Å²) < 4.78 is 18.3. The van der Waals surface area contributed by atoms with Gasteiger partial charge < -0.3 is 30.1 Å². The quantitative estimate of drug-likeness (QED) is 0.469. The van der Waals surface area contributed by atoms with Crippen molar-refractivity contribution in [3.8, 4) is 0 Å². The second-order valence-electron chi connectivity index (χ2n) is 5.61. The lowest BCUT2D eigenvalue weighted by Gasteiger charge is -2.30. The van der Waals surface area contributed by atoms with Gasteiger partial charge in [0.05, 0.1) is 19.5 Å². The van der Waals surface area contributed by atoms with Crippen LogP contribution in [0.5, 0.6) is 0 Å². The van der Waals surface area contributed by atoms with Crippen LogP contribution in [0.3, 0.4) is 0 Å². The summed E-state index contributed by atoms with van der Waals surface area (Å²) >= 11 is 4.54. The lowest BCUT2D eigenvalue weighted by atomic mass is 10.0. The zero-order chi connectivity index (χ0) is 17.1. The van der Waals surface area contributed by atoms with Gasteiger partial charge in [-0.15, -0.1) is 0 Å². The van der Waals surface area contributed by atoms with Crippen LogP contribution in [0.1, 0.15) is 6.23 Å². The fourth-order valence-electron chi connectivity index (χ4n) is 3.09. The fourth-order valence-corrected chi connectivity index (χ4v) is 3.98. The summed E-state index contributed by atoms with van der Waals surface area (Å²) in [7, 11) is 0. The van der Waals surface area contributed by atoms with E-state index in [4.69, 9.17) is 19.7 Å². The average molecular weight is 375 g/mol.